The zero-order valence-electron chi connectivity index (χ0n) is 12.5. The van der Waals surface area contributed by atoms with E-state index in [9.17, 15) is 17.8 Å². The van der Waals surface area contributed by atoms with Gasteiger partial charge in [0.25, 0.3) is 0 Å². The smallest absolute Gasteiger partial charge is 0.195 e. The summed E-state index contributed by atoms with van der Waals surface area (Å²) in [4.78, 5) is 15.4. The van der Waals surface area contributed by atoms with Gasteiger partial charge in [-0.2, -0.15) is 0 Å². The molecular weight excluding hydrogens is 322 g/mol. The lowest BCUT2D eigenvalue weighted by molar-refractivity contribution is 0.0943. The van der Waals surface area contributed by atoms with Gasteiger partial charge in [-0.1, -0.05) is 42.1 Å². The minimum Gasteiger partial charge on any atom is -0.748 e. The van der Waals surface area contributed by atoms with Crippen LogP contribution < -0.4 is 0 Å². The number of allylic oxidation sites excluding steroid dienone is 2. The summed E-state index contributed by atoms with van der Waals surface area (Å²) in [6.07, 6.45) is 0.784. The summed E-state index contributed by atoms with van der Waals surface area (Å²) in [6.45, 7) is 1.91. The number of carbonyl (C=O) groups excluding carboxylic acids is 1. The zero-order chi connectivity index (χ0) is 16.3. The van der Waals surface area contributed by atoms with Crippen molar-refractivity contribution >= 4 is 27.7 Å². The number of hydrogen-bond donors (Lipinski definition) is 0. The fourth-order valence-electron chi connectivity index (χ4n) is 2.30. The van der Waals surface area contributed by atoms with Crippen LogP contribution in [0.2, 0.25) is 0 Å². The molecule has 0 fully saturated rings. The molecule has 0 aromatic heterocycles. The molecule has 1 aliphatic heterocycles. The molecule has 0 bridgehead atoms. The fraction of sp³-hybridized carbons (Fsp3) is 0.400. The average Bonchev–Trinajstić information content (AvgIpc) is 2.75. The van der Waals surface area contributed by atoms with Gasteiger partial charge in [-0.15, -0.1) is 0 Å². The lowest BCUT2D eigenvalue weighted by atomic mass is 10.1. The predicted octanol–water partition coefficient (Wildman–Crippen LogP) is 2.43. The monoisotopic (exact) mass is 340 g/mol. The molecule has 0 saturated heterocycles. The van der Waals surface area contributed by atoms with E-state index < -0.39 is 10.1 Å². The van der Waals surface area contributed by atoms with Crippen molar-refractivity contribution in [1.82, 2.24) is 4.90 Å². The van der Waals surface area contributed by atoms with Crippen molar-refractivity contribution in [2.45, 2.75) is 25.1 Å². The third-order valence-electron chi connectivity index (χ3n) is 3.62. The van der Waals surface area contributed by atoms with Crippen LogP contribution in [0.4, 0.5) is 0 Å². The topological polar surface area (TPSA) is 77.5 Å². The first-order valence-corrected chi connectivity index (χ1v) is 9.37. The van der Waals surface area contributed by atoms with Crippen LogP contribution in [0.15, 0.2) is 40.9 Å². The van der Waals surface area contributed by atoms with Crippen LogP contribution in [0.5, 0.6) is 0 Å². The number of benzene rings is 1. The molecule has 0 spiro atoms. The first-order valence-electron chi connectivity index (χ1n) is 6.91. The minimum atomic E-state index is -4.18. The molecule has 7 heteroatoms. The summed E-state index contributed by atoms with van der Waals surface area (Å²) < 4.78 is 32.0. The number of rotatable bonds is 6. The first-order chi connectivity index (χ1) is 10.3. The number of hydrogen-bond acceptors (Lipinski definition) is 6. The number of nitrogens with zero attached hydrogens (tertiary/aromatic N) is 1. The second-order valence-electron chi connectivity index (χ2n) is 5.19. The van der Waals surface area contributed by atoms with Crippen LogP contribution >= 0.6 is 11.8 Å². The molecule has 0 radical (unpaired) electrons. The van der Waals surface area contributed by atoms with Crippen LogP contribution in [0, 0.1) is 0 Å². The second kappa shape index (κ2) is 6.85. The highest BCUT2D eigenvalue weighted by molar-refractivity contribution is 8.04. The van der Waals surface area contributed by atoms with E-state index in [1.54, 1.807) is 12.1 Å². The molecule has 0 saturated carbocycles. The molecule has 120 valence electrons. The molecule has 1 unspecified atom stereocenters. The SMILES string of the molecule is CC1=C(CCCS(=O)(=O)[O-])SC(C(=O)c2ccccc2)N1C. The first kappa shape index (κ1) is 17.1. The van der Waals surface area contributed by atoms with Crippen LogP contribution in [-0.2, 0) is 10.1 Å². The Labute approximate surface area is 135 Å². The number of Topliss-reactive ketones (excluding diaryl/α,β-unsaturated/α-hetero) is 1. The van der Waals surface area contributed by atoms with Gasteiger partial charge in [-0.25, -0.2) is 8.42 Å². The van der Waals surface area contributed by atoms with E-state index in [1.165, 1.54) is 11.8 Å². The number of likely N-dealkylation sites (N-methyl/N-ethyl adjacent to an activating group) is 1. The van der Waals surface area contributed by atoms with Crippen LogP contribution in [0.25, 0.3) is 0 Å². The normalized spacial score (nSPS) is 18.9. The van der Waals surface area contributed by atoms with Crippen molar-refractivity contribution < 1.29 is 17.8 Å². The standard InChI is InChI=1S/C15H19NO4S2/c1-11-13(9-6-10-22(18,19)20)21-15(16(11)2)14(17)12-7-4-3-5-8-12/h3-5,7-8,15H,6,9-10H2,1-2H3,(H,18,19,20)/p-1. The molecule has 1 aromatic rings. The molecule has 1 atom stereocenters. The molecular formula is C15H18NO4S2-. The van der Waals surface area contributed by atoms with Crippen molar-refractivity contribution in [3.8, 4) is 0 Å². The number of ketones is 1. The second-order valence-corrected chi connectivity index (χ2v) is 7.88. The Morgan fingerprint density at radius 3 is 2.55 bits per heavy atom. The van der Waals surface area contributed by atoms with Gasteiger partial charge in [-0.3, -0.25) is 4.79 Å². The third kappa shape index (κ3) is 4.12. The van der Waals surface area contributed by atoms with E-state index in [0.717, 1.165) is 10.6 Å². The predicted molar refractivity (Wildman–Crippen MR) is 86.4 cm³/mol. The number of thioether (sulfide) groups is 1. The Morgan fingerprint density at radius 1 is 1.32 bits per heavy atom. The van der Waals surface area contributed by atoms with E-state index in [2.05, 4.69) is 0 Å². The Hall–Kier alpha value is -1.31. The van der Waals surface area contributed by atoms with Gasteiger partial charge in [0, 0.05) is 29.0 Å². The molecule has 1 aliphatic rings. The maximum atomic E-state index is 12.5. The van der Waals surface area contributed by atoms with E-state index in [0.29, 0.717) is 12.0 Å². The van der Waals surface area contributed by atoms with E-state index in [4.69, 9.17) is 0 Å². The highest BCUT2D eigenvalue weighted by atomic mass is 32.2. The highest BCUT2D eigenvalue weighted by Gasteiger charge is 2.33. The maximum Gasteiger partial charge on any atom is 0.195 e. The van der Waals surface area contributed by atoms with E-state index in [-0.39, 0.29) is 23.3 Å². The van der Waals surface area contributed by atoms with Crippen LogP contribution in [0.3, 0.4) is 0 Å². The van der Waals surface area contributed by atoms with Crippen molar-refractivity contribution in [1.29, 1.82) is 0 Å². The molecule has 22 heavy (non-hydrogen) atoms. The summed E-state index contributed by atoms with van der Waals surface area (Å²) in [5.74, 6) is -0.343. The Balaban J connectivity index is 2.03. The third-order valence-corrected chi connectivity index (χ3v) is 5.95. The van der Waals surface area contributed by atoms with Gasteiger partial charge in [-0.05, 0) is 19.8 Å². The van der Waals surface area contributed by atoms with Gasteiger partial charge in [0.1, 0.15) is 5.37 Å². The van der Waals surface area contributed by atoms with Crippen molar-refractivity contribution in [3.63, 3.8) is 0 Å². The minimum absolute atomic E-state index is 0.0268. The molecule has 5 nitrogen and oxygen atoms in total. The molecule has 0 aliphatic carbocycles. The van der Waals surface area contributed by atoms with Crippen molar-refractivity contribution in [2.75, 3.05) is 12.8 Å². The number of carbonyl (C=O) groups is 1. The molecule has 2 rings (SSSR count). The molecule has 0 amide bonds. The summed E-state index contributed by atoms with van der Waals surface area (Å²) in [7, 11) is -2.33. The van der Waals surface area contributed by atoms with Crippen molar-refractivity contribution in [3.05, 3.63) is 46.5 Å². The quantitative estimate of drug-likeness (QED) is 0.585. The lowest BCUT2D eigenvalue weighted by Gasteiger charge is -2.21. The molecule has 0 N–H and O–H groups in total. The van der Waals surface area contributed by atoms with Crippen LogP contribution in [-0.4, -0.2) is 41.8 Å². The summed E-state index contributed by atoms with van der Waals surface area (Å²) in [5, 5.41) is -0.332. The maximum absolute atomic E-state index is 12.5. The van der Waals surface area contributed by atoms with Gasteiger partial charge in [0.2, 0.25) is 0 Å². The van der Waals surface area contributed by atoms with E-state index >= 15 is 0 Å². The Bertz CT molecular complexity index is 683. The zero-order valence-corrected chi connectivity index (χ0v) is 14.1. The van der Waals surface area contributed by atoms with Gasteiger partial charge in [0.15, 0.2) is 5.78 Å². The summed E-state index contributed by atoms with van der Waals surface area (Å²) in [5.41, 5.74) is 1.62. The Morgan fingerprint density at radius 2 is 1.95 bits per heavy atom. The highest BCUT2D eigenvalue weighted by Crippen LogP contribution is 2.40. The molecule has 1 aromatic carbocycles. The lowest BCUT2D eigenvalue weighted by Crippen LogP contribution is -2.31. The van der Waals surface area contributed by atoms with Gasteiger partial charge in [0.05, 0.1) is 10.1 Å². The molecule has 1 heterocycles. The summed E-state index contributed by atoms with van der Waals surface area (Å²) in [6, 6.07) is 9.09. The largest absolute Gasteiger partial charge is 0.748 e. The van der Waals surface area contributed by atoms with Crippen molar-refractivity contribution in [2.24, 2.45) is 0 Å². The van der Waals surface area contributed by atoms with Gasteiger partial charge < -0.3 is 9.45 Å². The van der Waals surface area contributed by atoms with Gasteiger partial charge >= 0.3 is 0 Å². The Kier molecular flexibility index (Phi) is 5.31. The fourth-order valence-corrected chi connectivity index (χ4v) is 4.20. The van der Waals surface area contributed by atoms with Crippen LogP contribution in [0.1, 0.15) is 30.1 Å². The average molecular weight is 340 g/mol. The van der Waals surface area contributed by atoms with E-state index in [1.807, 2.05) is 37.1 Å². The summed E-state index contributed by atoms with van der Waals surface area (Å²) >= 11 is 1.44.